The van der Waals surface area contributed by atoms with Crippen LogP contribution in [0, 0.1) is 5.82 Å². The number of hydrogen-bond donors (Lipinski definition) is 1. The molecule has 1 heterocycles. The van der Waals surface area contributed by atoms with Crippen LogP contribution in [-0.4, -0.2) is 4.98 Å². The average Bonchev–Trinajstić information content (AvgIpc) is 2.93. The van der Waals surface area contributed by atoms with Crippen molar-refractivity contribution in [1.29, 1.82) is 0 Å². The lowest BCUT2D eigenvalue weighted by Gasteiger charge is -2.00. The predicted octanol–water partition coefficient (Wildman–Crippen LogP) is 4.78. The summed E-state index contributed by atoms with van der Waals surface area (Å²) < 4.78 is 13.2. The molecule has 0 aliphatic carbocycles. The van der Waals surface area contributed by atoms with E-state index in [0.717, 1.165) is 33.3 Å². The van der Waals surface area contributed by atoms with E-state index in [4.69, 9.17) is 17.3 Å². The summed E-state index contributed by atoms with van der Waals surface area (Å²) in [7, 11) is 0. The summed E-state index contributed by atoms with van der Waals surface area (Å²) in [5, 5.41) is 3.67. The van der Waals surface area contributed by atoms with Gasteiger partial charge in [0.05, 0.1) is 16.4 Å². The molecule has 0 aliphatic rings. The van der Waals surface area contributed by atoms with Gasteiger partial charge in [0, 0.05) is 22.4 Å². The Balaban J connectivity index is 1.82. The van der Waals surface area contributed by atoms with Gasteiger partial charge in [0.15, 0.2) is 0 Å². The number of anilines is 1. The molecule has 5 heteroatoms. The highest BCUT2D eigenvalue weighted by molar-refractivity contribution is 7.10. The molecule has 3 rings (SSSR count). The van der Waals surface area contributed by atoms with Crippen molar-refractivity contribution in [1.82, 2.24) is 4.98 Å². The van der Waals surface area contributed by atoms with Gasteiger partial charge in [-0.3, -0.25) is 0 Å². The standard InChI is InChI=1S/C16H12ClFN2S/c17-12-4-1-10(2-5-12)7-16-20-15(9-21-16)11-3-6-13(18)14(19)8-11/h1-6,8-9H,7,19H2. The Morgan fingerprint density at radius 3 is 2.62 bits per heavy atom. The molecule has 0 saturated carbocycles. The molecule has 2 aromatic carbocycles. The Morgan fingerprint density at radius 1 is 1.14 bits per heavy atom. The van der Waals surface area contributed by atoms with Gasteiger partial charge in [-0.05, 0) is 35.9 Å². The second kappa shape index (κ2) is 5.84. The van der Waals surface area contributed by atoms with Gasteiger partial charge in [-0.2, -0.15) is 0 Å². The summed E-state index contributed by atoms with van der Waals surface area (Å²) >= 11 is 7.45. The van der Waals surface area contributed by atoms with Gasteiger partial charge in [0.2, 0.25) is 0 Å². The number of aromatic nitrogens is 1. The Hall–Kier alpha value is -1.91. The number of thiazole rings is 1. The number of nitrogen functional groups attached to an aromatic ring is 1. The van der Waals surface area contributed by atoms with Gasteiger partial charge < -0.3 is 5.73 Å². The van der Waals surface area contributed by atoms with Crippen LogP contribution >= 0.6 is 22.9 Å². The second-order valence-electron chi connectivity index (χ2n) is 4.67. The van der Waals surface area contributed by atoms with Gasteiger partial charge >= 0.3 is 0 Å². The summed E-state index contributed by atoms with van der Waals surface area (Å²) in [5.41, 5.74) is 8.52. The van der Waals surface area contributed by atoms with E-state index in [0.29, 0.717) is 0 Å². The van der Waals surface area contributed by atoms with Crippen LogP contribution in [0.2, 0.25) is 5.02 Å². The molecule has 0 spiro atoms. The van der Waals surface area contributed by atoms with Crippen molar-refractivity contribution in [3.8, 4) is 11.3 Å². The van der Waals surface area contributed by atoms with E-state index in [1.54, 1.807) is 23.5 Å². The molecule has 21 heavy (non-hydrogen) atoms. The Bertz CT molecular complexity index is 768. The lowest BCUT2D eigenvalue weighted by Crippen LogP contribution is -1.91. The molecule has 0 amide bonds. The number of rotatable bonds is 3. The fourth-order valence-electron chi connectivity index (χ4n) is 2.00. The molecule has 2 nitrogen and oxygen atoms in total. The van der Waals surface area contributed by atoms with E-state index in [1.165, 1.54) is 6.07 Å². The number of nitrogens with zero attached hydrogens (tertiary/aromatic N) is 1. The van der Waals surface area contributed by atoms with Crippen molar-refractivity contribution in [3.05, 3.63) is 69.3 Å². The van der Waals surface area contributed by atoms with E-state index < -0.39 is 5.82 Å². The quantitative estimate of drug-likeness (QED) is 0.706. The second-order valence-corrected chi connectivity index (χ2v) is 6.05. The van der Waals surface area contributed by atoms with Crippen LogP contribution in [0.15, 0.2) is 47.8 Å². The molecule has 0 atom stereocenters. The van der Waals surface area contributed by atoms with Gasteiger partial charge in [0.25, 0.3) is 0 Å². The molecule has 0 bridgehead atoms. The zero-order chi connectivity index (χ0) is 14.8. The number of hydrogen-bond acceptors (Lipinski definition) is 3. The first-order chi connectivity index (χ1) is 10.1. The van der Waals surface area contributed by atoms with Crippen LogP contribution in [0.5, 0.6) is 0 Å². The first-order valence-corrected chi connectivity index (χ1v) is 7.62. The van der Waals surface area contributed by atoms with E-state index in [9.17, 15) is 4.39 Å². The summed E-state index contributed by atoms with van der Waals surface area (Å²) in [6.45, 7) is 0. The minimum absolute atomic E-state index is 0.139. The van der Waals surface area contributed by atoms with Crippen molar-refractivity contribution in [3.63, 3.8) is 0 Å². The Kier molecular flexibility index (Phi) is 3.90. The zero-order valence-corrected chi connectivity index (χ0v) is 12.6. The summed E-state index contributed by atoms with van der Waals surface area (Å²) in [6, 6.07) is 12.4. The smallest absolute Gasteiger partial charge is 0.146 e. The summed E-state index contributed by atoms with van der Waals surface area (Å²) in [5.74, 6) is -0.407. The fourth-order valence-corrected chi connectivity index (χ4v) is 2.97. The molecule has 2 N–H and O–H groups in total. The number of halogens is 2. The highest BCUT2D eigenvalue weighted by Crippen LogP contribution is 2.26. The summed E-state index contributed by atoms with van der Waals surface area (Å²) in [6.07, 6.45) is 0.749. The maximum absolute atomic E-state index is 13.2. The Morgan fingerprint density at radius 2 is 1.90 bits per heavy atom. The minimum Gasteiger partial charge on any atom is -0.396 e. The van der Waals surface area contributed by atoms with Crippen LogP contribution < -0.4 is 5.73 Å². The Labute approximate surface area is 131 Å². The van der Waals surface area contributed by atoms with E-state index in [2.05, 4.69) is 4.98 Å². The van der Waals surface area contributed by atoms with Crippen LogP contribution in [0.4, 0.5) is 10.1 Å². The van der Waals surface area contributed by atoms with E-state index >= 15 is 0 Å². The van der Waals surface area contributed by atoms with Crippen molar-refractivity contribution >= 4 is 28.6 Å². The van der Waals surface area contributed by atoms with Gasteiger partial charge in [0.1, 0.15) is 5.82 Å². The first-order valence-electron chi connectivity index (χ1n) is 6.36. The topological polar surface area (TPSA) is 38.9 Å². The van der Waals surface area contributed by atoms with Crippen molar-refractivity contribution < 1.29 is 4.39 Å². The largest absolute Gasteiger partial charge is 0.396 e. The van der Waals surface area contributed by atoms with Crippen LogP contribution in [-0.2, 0) is 6.42 Å². The number of benzene rings is 2. The maximum atomic E-state index is 13.2. The summed E-state index contributed by atoms with van der Waals surface area (Å²) in [4.78, 5) is 4.58. The highest BCUT2D eigenvalue weighted by Gasteiger charge is 2.07. The normalized spacial score (nSPS) is 10.8. The molecule has 0 fully saturated rings. The molecule has 0 radical (unpaired) electrons. The third-order valence-corrected chi connectivity index (χ3v) is 4.21. The first kappa shape index (κ1) is 14.0. The molecular weight excluding hydrogens is 307 g/mol. The minimum atomic E-state index is -0.407. The third kappa shape index (κ3) is 3.23. The van der Waals surface area contributed by atoms with E-state index in [1.807, 2.05) is 29.6 Å². The van der Waals surface area contributed by atoms with Crippen LogP contribution in [0.25, 0.3) is 11.3 Å². The fraction of sp³-hybridized carbons (Fsp3) is 0.0625. The van der Waals surface area contributed by atoms with Crippen molar-refractivity contribution in [2.45, 2.75) is 6.42 Å². The van der Waals surface area contributed by atoms with Gasteiger partial charge in [-0.1, -0.05) is 23.7 Å². The van der Waals surface area contributed by atoms with E-state index in [-0.39, 0.29) is 5.69 Å². The highest BCUT2D eigenvalue weighted by atomic mass is 35.5. The van der Waals surface area contributed by atoms with Gasteiger partial charge in [-0.25, -0.2) is 9.37 Å². The zero-order valence-electron chi connectivity index (χ0n) is 11.0. The number of nitrogens with two attached hydrogens (primary N) is 1. The molecule has 3 aromatic rings. The average molecular weight is 319 g/mol. The molecule has 1 aromatic heterocycles. The SMILES string of the molecule is Nc1cc(-c2csc(Cc3ccc(Cl)cc3)n2)ccc1F. The monoisotopic (exact) mass is 318 g/mol. The predicted molar refractivity (Wildman–Crippen MR) is 86.2 cm³/mol. The molecular formula is C16H12ClFN2S. The van der Waals surface area contributed by atoms with Crippen LogP contribution in [0.3, 0.4) is 0 Å². The van der Waals surface area contributed by atoms with Crippen LogP contribution in [0.1, 0.15) is 10.6 Å². The molecule has 0 unspecified atom stereocenters. The molecule has 0 aliphatic heterocycles. The van der Waals surface area contributed by atoms with Crippen molar-refractivity contribution in [2.75, 3.05) is 5.73 Å². The molecule has 0 saturated heterocycles. The van der Waals surface area contributed by atoms with Gasteiger partial charge in [-0.15, -0.1) is 11.3 Å². The lowest BCUT2D eigenvalue weighted by molar-refractivity contribution is 0.632. The van der Waals surface area contributed by atoms with Crippen molar-refractivity contribution in [2.24, 2.45) is 0 Å². The third-order valence-electron chi connectivity index (χ3n) is 3.11. The lowest BCUT2D eigenvalue weighted by atomic mass is 10.1. The maximum Gasteiger partial charge on any atom is 0.146 e. The molecule has 106 valence electrons.